The molecule has 3 fully saturated rings. The van der Waals surface area contributed by atoms with E-state index in [1.54, 1.807) is 0 Å². The van der Waals surface area contributed by atoms with Crippen LogP contribution in [0.5, 0.6) is 11.5 Å². The monoisotopic (exact) mass is 590 g/mol. The molecule has 3 aliphatic rings. The Balaban J connectivity index is 1.36. The van der Waals surface area contributed by atoms with Gasteiger partial charge in [-0.1, -0.05) is 23.2 Å². The molecule has 0 saturated heterocycles. The fourth-order valence-electron chi connectivity index (χ4n) is 4.98. The Labute approximate surface area is 231 Å². The first-order valence-electron chi connectivity index (χ1n) is 11.6. The molecule has 2 amide bonds. The quantitative estimate of drug-likeness (QED) is 0.391. The molecule has 3 saturated carbocycles. The van der Waals surface area contributed by atoms with Crippen LogP contribution >= 0.6 is 34.8 Å². The number of carbonyl (C=O) groups is 3. The van der Waals surface area contributed by atoms with Gasteiger partial charge in [-0.2, -0.15) is 0 Å². The number of rotatable bonds is 9. The number of amides is 2. The van der Waals surface area contributed by atoms with Crippen molar-refractivity contribution >= 4 is 52.0 Å². The molecule has 2 N–H and O–H groups in total. The minimum Gasteiger partial charge on any atom is -0.484 e. The van der Waals surface area contributed by atoms with Crippen molar-refractivity contribution < 1.29 is 37.4 Å². The first kappa shape index (κ1) is 28.2. The first-order valence-corrected chi connectivity index (χ1v) is 12.8. The summed E-state index contributed by atoms with van der Waals surface area (Å²) in [5, 5.41) is 5.70. The highest BCUT2D eigenvalue weighted by molar-refractivity contribution is 6.61. The van der Waals surface area contributed by atoms with Crippen molar-refractivity contribution in [2.45, 2.75) is 49.3 Å². The van der Waals surface area contributed by atoms with E-state index in [2.05, 4.69) is 10.6 Å². The maximum atomic E-state index is 13.6. The van der Waals surface area contributed by atoms with Crippen LogP contribution in [0.4, 0.5) is 13.6 Å². The second kappa shape index (κ2) is 11.5. The second-order valence-electron chi connectivity index (χ2n) is 9.31. The van der Waals surface area contributed by atoms with E-state index in [-0.39, 0.29) is 34.6 Å². The standard InChI is InChI=1S/C25H23Cl3F2N2O6/c26-16-3-1-14(9-18(16)29)36-12-21(33)31-24-5-7-25(8-6-24,20(11-24)38-23(28)35)32-22(34)13-37-15-2-4-17(27)19(30)10-15/h1-4,9-10,20H,5-8,11-13H2,(H,31,33)(H,32,34)/t20-,24?,25?/m0/s1. The highest BCUT2D eigenvalue weighted by Gasteiger charge is 2.57. The number of hydrogen-bond donors (Lipinski definition) is 2. The van der Waals surface area contributed by atoms with Gasteiger partial charge in [-0.25, -0.2) is 13.6 Å². The Morgan fingerprint density at radius 3 is 1.82 bits per heavy atom. The highest BCUT2D eigenvalue weighted by Crippen LogP contribution is 2.48. The number of ether oxygens (including phenoxy) is 3. The fraction of sp³-hybridized carbons (Fsp3) is 0.400. The molecule has 13 heteroatoms. The SMILES string of the molecule is O=C(COc1ccc(Cl)c(F)c1)NC12CCC(NC(=O)COc3ccc(Cl)c(F)c3)(CC1)[C@@H](OC(=O)Cl)C2. The van der Waals surface area contributed by atoms with E-state index < -0.39 is 52.7 Å². The minimum absolute atomic E-state index is 0.0639. The number of nitrogens with one attached hydrogen (secondary N) is 2. The molecule has 1 atom stereocenters. The van der Waals surface area contributed by atoms with E-state index in [0.29, 0.717) is 25.7 Å². The van der Waals surface area contributed by atoms with Crippen LogP contribution in [0.1, 0.15) is 32.1 Å². The van der Waals surface area contributed by atoms with Gasteiger partial charge in [0.1, 0.15) is 29.2 Å². The zero-order valence-electron chi connectivity index (χ0n) is 19.8. The smallest absolute Gasteiger partial charge is 0.404 e. The summed E-state index contributed by atoms with van der Waals surface area (Å²) in [6.07, 6.45) is 1.11. The molecule has 0 spiro atoms. The van der Waals surface area contributed by atoms with E-state index in [0.717, 1.165) is 12.1 Å². The lowest BCUT2D eigenvalue weighted by atomic mass is 9.59. The van der Waals surface area contributed by atoms with Crippen LogP contribution in [-0.4, -0.2) is 47.6 Å². The van der Waals surface area contributed by atoms with Gasteiger partial charge >= 0.3 is 5.43 Å². The van der Waals surface area contributed by atoms with Crippen LogP contribution in [-0.2, 0) is 14.3 Å². The number of fused-ring (bicyclic) bond motifs is 3. The molecule has 2 aromatic rings. The Hall–Kier alpha value is -2.82. The van der Waals surface area contributed by atoms with Gasteiger partial charge in [0.05, 0.1) is 15.6 Å². The summed E-state index contributed by atoms with van der Waals surface area (Å²) in [6, 6.07) is 7.65. The van der Waals surface area contributed by atoms with Gasteiger partial charge < -0.3 is 24.8 Å². The molecule has 0 aliphatic heterocycles. The maximum Gasteiger partial charge on any atom is 0.404 e. The molecule has 8 nitrogen and oxygen atoms in total. The summed E-state index contributed by atoms with van der Waals surface area (Å²) < 4.78 is 43.3. The molecule has 38 heavy (non-hydrogen) atoms. The highest BCUT2D eigenvalue weighted by atomic mass is 35.5. The van der Waals surface area contributed by atoms with Gasteiger partial charge in [-0.05, 0) is 49.9 Å². The average molecular weight is 592 g/mol. The molecule has 204 valence electrons. The van der Waals surface area contributed by atoms with Crippen LogP contribution in [0.15, 0.2) is 36.4 Å². The third-order valence-electron chi connectivity index (χ3n) is 6.84. The predicted molar refractivity (Wildman–Crippen MR) is 135 cm³/mol. The molecule has 2 aromatic carbocycles. The molecular weight excluding hydrogens is 569 g/mol. The number of carbonyl (C=O) groups excluding carboxylic acids is 3. The van der Waals surface area contributed by atoms with Crippen molar-refractivity contribution in [1.29, 1.82) is 0 Å². The third kappa shape index (κ3) is 6.59. The maximum absolute atomic E-state index is 13.6. The van der Waals surface area contributed by atoms with Crippen LogP contribution in [0.25, 0.3) is 0 Å². The lowest BCUT2D eigenvalue weighted by Crippen LogP contribution is -2.71. The van der Waals surface area contributed by atoms with Crippen LogP contribution < -0.4 is 20.1 Å². The van der Waals surface area contributed by atoms with E-state index in [4.69, 9.17) is 49.0 Å². The summed E-state index contributed by atoms with van der Waals surface area (Å²) in [4.78, 5) is 37.0. The van der Waals surface area contributed by atoms with Gasteiger partial charge in [0.25, 0.3) is 11.8 Å². The lowest BCUT2D eigenvalue weighted by Gasteiger charge is -2.56. The Bertz CT molecular complexity index is 1240. The Kier molecular flexibility index (Phi) is 8.54. The minimum atomic E-state index is -1.04. The first-order chi connectivity index (χ1) is 18.0. The normalized spacial score (nSPS) is 23.9. The van der Waals surface area contributed by atoms with Crippen molar-refractivity contribution in [2.75, 3.05) is 13.2 Å². The summed E-state index contributed by atoms with van der Waals surface area (Å²) in [5.74, 6) is -2.03. The average Bonchev–Trinajstić information content (AvgIpc) is 2.86. The van der Waals surface area contributed by atoms with Gasteiger partial charge in [0.2, 0.25) is 0 Å². The zero-order valence-corrected chi connectivity index (χ0v) is 22.1. The molecular formula is C25H23Cl3F2N2O6. The molecule has 0 aromatic heterocycles. The Morgan fingerprint density at radius 2 is 1.34 bits per heavy atom. The van der Waals surface area contributed by atoms with Crippen molar-refractivity contribution in [2.24, 2.45) is 0 Å². The lowest BCUT2D eigenvalue weighted by molar-refractivity contribution is -0.136. The van der Waals surface area contributed by atoms with Gasteiger partial charge in [0.15, 0.2) is 13.2 Å². The summed E-state index contributed by atoms with van der Waals surface area (Å²) in [7, 11) is 0. The summed E-state index contributed by atoms with van der Waals surface area (Å²) in [5.41, 5.74) is -2.68. The van der Waals surface area contributed by atoms with Gasteiger partial charge in [-0.3, -0.25) is 9.59 Å². The van der Waals surface area contributed by atoms with Crippen molar-refractivity contribution in [1.82, 2.24) is 10.6 Å². The fourth-order valence-corrected chi connectivity index (χ4v) is 5.32. The number of halogens is 5. The molecule has 2 bridgehead atoms. The molecule has 0 heterocycles. The Morgan fingerprint density at radius 1 is 0.842 bits per heavy atom. The van der Waals surface area contributed by atoms with Crippen LogP contribution in [0, 0.1) is 11.6 Å². The largest absolute Gasteiger partial charge is 0.484 e. The van der Waals surface area contributed by atoms with E-state index >= 15 is 0 Å². The van der Waals surface area contributed by atoms with E-state index in [9.17, 15) is 23.2 Å². The molecule has 0 radical (unpaired) electrons. The zero-order chi connectivity index (χ0) is 27.5. The molecule has 0 unspecified atom stereocenters. The van der Waals surface area contributed by atoms with Crippen molar-refractivity contribution in [3.63, 3.8) is 0 Å². The summed E-state index contributed by atoms with van der Waals surface area (Å²) in [6.45, 7) is -0.776. The van der Waals surface area contributed by atoms with Gasteiger partial charge in [0, 0.05) is 35.7 Å². The van der Waals surface area contributed by atoms with Crippen LogP contribution in [0.3, 0.4) is 0 Å². The van der Waals surface area contributed by atoms with Crippen molar-refractivity contribution in [3.05, 3.63) is 58.1 Å². The number of benzene rings is 2. The van der Waals surface area contributed by atoms with Crippen molar-refractivity contribution in [3.8, 4) is 11.5 Å². The molecule has 3 aliphatic carbocycles. The van der Waals surface area contributed by atoms with E-state index in [1.165, 1.54) is 24.3 Å². The van der Waals surface area contributed by atoms with Crippen LogP contribution in [0.2, 0.25) is 10.0 Å². The topological polar surface area (TPSA) is 103 Å². The summed E-state index contributed by atoms with van der Waals surface area (Å²) >= 11 is 16.8. The second-order valence-corrected chi connectivity index (χ2v) is 10.4. The third-order valence-corrected chi connectivity index (χ3v) is 7.54. The predicted octanol–water partition coefficient (Wildman–Crippen LogP) is 5.16. The van der Waals surface area contributed by atoms with E-state index in [1.807, 2.05) is 0 Å². The number of hydrogen-bond acceptors (Lipinski definition) is 6. The van der Waals surface area contributed by atoms with Gasteiger partial charge in [-0.15, -0.1) is 0 Å². The molecule has 5 rings (SSSR count).